The number of nitrogens with one attached hydrogen (secondary N) is 1. The summed E-state index contributed by atoms with van der Waals surface area (Å²) in [5.74, 6) is 0.623. The number of hydrogen-bond donors (Lipinski definition) is 1. The molecule has 15 heavy (non-hydrogen) atoms. The van der Waals surface area contributed by atoms with Gasteiger partial charge in [0.05, 0.1) is 5.75 Å². The van der Waals surface area contributed by atoms with Gasteiger partial charge >= 0.3 is 0 Å². The first-order valence-electron chi connectivity index (χ1n) is 5.61. The quantitative estimate of drug-likeness (QED) is 0.763. The Balaban J connectivity index is 2.34. The molecule has 1 N–H and O–H groups in total. The van der Waals surface area contributed by atoms with Crippen molar-refractivity contribution in [3.05, 3.63) is 0 Å². The first kappa shape index (κ1) is 13.3. The Morgan fingerprint density at radius 1 is 1.33 bits per heavy atom. The van der Waals surface area contributed by atoms with Crippen molar-refractivity contribution in [2.75, 3.05) is 12.3 Å². The summed E-state index contributed by atoms with van der Waals surface area (Å²) in [5.41, 5.74) is 0. The molecule has 0 aliphatic heterocycles. The first-order chi connectivity index (χ1) is 6.99. The predicted molar refractivity (Wildman–Crippen MR) is 63.7 cm³/mol. The highest BCUT2D eigenvalue weighted by Gasteiger charge is 2.21. The molecule has 1 fully saturated rings. The lowest BCUT2D eigenvalue weighted by Crippen LogP contribution is -2.33. The van der Waals surface area contributed by atoms with Gasteiger partial charge in [-0.2, -0.15) is 0 Å². The Kier molecular flexibility index (Phi) is 5.36. The van der Waals surface area contributed by atoms with E-state index in [0.717, 1.165) is 12.8 Å². The van der Waals surface area contributed by atoms with Gasteiger partial charge in [0.2, 0.25) is 10.0 Å². The molecule has 1 unspecified atom stereocenters. The van der Waals surface area contributed by atoms with E-state index in [1.165, 1.54) is 19.3 Å². The summed E-state index contributed by atoms with van der Waals surface area (Å²) >= 11 is 5.70. The van der Waals surface area contributed by atoms with Crippen molar-refractivity contribution in [3.63, 3.8) is 0 Å². The van der Waals surface area contributed by atoms with Crippen LogP contribution >= 0.6 is 11.6 Å². The van der Waals surface area contributed by atoms with Gasteiger partial charge in [-0.25, -0.2) is 13.1 Å². The van der Waals surface area contributed by atoms with Crippen molar-refractivity contribution in [1.82, 2.24) is 4.72 Å². The molecule has 1 atom stereocenters. The van der Waals surface area contributed by atoms with Crippen molar-refractivity contribution < 1.29 is 8.42 Å². The largest absolute Gasteiger partial charge is 0.214 e. The zero-order chi connectivity index (χ0) is 11.3. The van der Waals surface area contributed by atoms with Crippen LogP contribution < -0.4 is 4.72 Å². The maximum atomic E-state index is 11.6. The highest BCUT2D eigenvalue weighted by molar-refractivity contribution is 7.89. The summed E-state index contributed by atoms with van der Waals surface area (Å²) < 4.78 is 25.8. The zero-order valence-corrected chi connectivity index (χ0v) is 10.8. The van der Waals surface area contributed by atoms with Crippen LogP contribution in [0.5, 0.6) is 0 Å². The van der Waals surface area contributed by atoms with Gasteiger partial charge in [-0.3, -0.25) is 0 Å². The molecule has 1 aliphatic carbocycles. The van der Waals surface area contributed by atoms with Crippen LogP contribution in [0.3, 0.4) is 0 Å². The van der Waals surface area contributed by atoms with E-state index >= 15 is 0 Å². The Hall–Kier alpha value is 0.200. The van der Waals surface area contributed by atoms with Gasteiger partial charge in [0.1, 0.15) is 0 Å². The Bertz CT molecular complexity index is 271. The second-order valence-corrected chi connectivity index (χ2v) is 7.01. The minimum Gasteiger partial charge on any atom is -0.214 e. The van der Waals surface area contributed by atoms with Crippen LogP contribution in [0.4, 0.5) is 0 Å². The fourth-order valence-corrected chi connectivity index (χ4v) is 3.71. The molecule has 0 heterocycles. The highest BCUT2D eigenvalue weighted by atomic mass is 35.5. The third-order valence-electron chi connectivity index (χ3n) is 2.76. The molecule has 0 radical (unpaired) electrons. The molecule has 0 aromatic carbocycles. The van der Waals surface area contributed by atoms with Gasteiger partial charge in [-0.1, -0.05) is 19.3 Å². The standard InChI is InChI=1S/C10H20ClNO2S/c1-9(11)7-12-15(13,14)8-10-5-3-2-4-6-10/h9-10,12H,2-8H2,1H3. The van der Waals surface area contributed by atoms with E-state index in [1.807, 2.05) is 0 Å². The molecule has 1 rings (SSSR count). The lowest BCUT2D eigenvalue weighted by molar-refractivity contribution is 0.384. The van der Waals surface area contributed by atoms with E-state index < -0.39 is 10.0 Å². The van der Waals surface area contributed by atoms with Crippen molar-refractivity contribution in [1.29, 1.82) is 0 Å². The second-order valence-electron chi connectivity index (χ2n) is 4.41. The van der Waals surface area contributed by atoms with Crippen LogP contribution in [0.1, 0.15) is 39.0 Å². The molecule has 1 saturated carbocycles. The number of hydrogen-bond acceptors (Lipinski definition) is 2. The molecule has 1 aliphatic rings. The van der Waals surface area contributed by atoms with Crippen molar-refractivity contribution >= 4 is 21.6 Å². The number of sulfonamides is 1. The summed E-state index contributed by atoms with van der Waals surface area (Å²) in [6.45, 7) is 2.11. The highest BCUT2D eigenvalue weighted by Crippen LogP contribution is 2.24. The van der Waals surface area contributed by atoms with E-state index in [1.54, 1.807) is 6.92 Å². The van der Waals surface area contributed by atoms with E-state index in [-0.39, 0.29) is 11.1 Å². The lowest BCUT2D eigenvalue weighted by atomic mass is 9.91. The van der Waals surface area contributed by atoms with Crippen LogP contribution in [0, 0.1) is 5.92 Å². The minimum atomic E-state index is -3.11. The molecule has 0 spiro atoms. The molecule has 90 valence electrons. The summed E-state index contributed by atoms with van der Waals surface area (Å²) in [4.78, 5) is 0. The molecule has 0 amide bonds. The van der Waals surface area contributed by atoms with Crippen LogP contribution in [0.2, 0.25) is 0 Å². The van der Waals surface area contributed by atoms with E-state index in [0.29, 0.717) is 12.5 Å². The van der Waals surface area contributed by atoms with Gasteiger partial charge in [0.25, 0.3) is 0 Å². The topological polar surface area (TPSA) is 46.2 Å². The third kappa shape index (κ3) is 5.73. The van der Waals surface area contributed by atoms with E-state index in [9.17, 15) is 8.42 Å². The van der Waals surface area contributed by atoms with Gasteiger partial charge in [-0.05, 0) is 25.7 Å². The number of alkyl halides is 1. The normalized spacial score (nSPS) is 21.5. The van der Waals surface area contributed by atoms with Crippen LogP contribution in [0.25, 0.3) is 0 Å². The number of rotatable bonds is 5. The monoisotopic (exact) mass is 253 g/mol. The smallest absolute Gasteiger partial charge is 0.211 e. The van der Waals surface area contributed by atoms with Gasteiger partial charge < -0.3 is 0 Å². The zero-order valence-electron chi connectivity index (χ0n) is 9.21. The summed E-state index contributed by atoms with van der Waals surface area (Å²) in [6.07, 6.45) is 5.70. The Morgan fingerprint density at radius 2 is 1.93 bits per heavy atom. The molecule has 3 nitrogen and oxygen atoms in total. The average Bonchev–Trinajstić information content (AvgIpc) is 2.16. The molecule has 5 heteroatoms. The van der Waals surface area contributed by atoms with Gasteiger partial charge in [-0.15, -0.1) is 11.6 Å². The van der Waals surface area contributed by atoms with Crippen molar-refractivity contribution in [2.24, 2.45) is 5.92 Å². The molecule has 0 aromatic rings. The van der Waals surface area contributed by atoms with Crippen LogP contribution in [-0.4, -0.2) is 26.1 Å². The molecule has 0 saturated heterocycles. The molecular formula is C10H20ClNO2S. The Morgan fingerprint density at radius 3 is 2.47 bits per heavy atom. The third-order valence-corrected chi connectivity index (χ3v) is 4.44. The maximum Gasteiger partial charge on any atom is 0.211 e. The van der Waals surface area contributed by atoms with Crippen LogP contribution in [0.15, 0.2) is 0 Å². The Labute approximate surface area is 97.6 Å². The fraction of sp³-hybridized carbons (Fsp3) is 1.00. The minimum absolute atomic E-state index is 0.147. The lowest BCUT2D eigenvalue weighted by Gasteiger charge is -2.21. The van der Waals surface area contributed by atoms with Gasteiger partial charge in [0, 0.05) is 11.9 Å². The number of halogens is 1. The van der Waals surface area contributed by atoms with E-state index in [4.69, 9.17) is 11.6 Å². The summed E-state index contributed by atoms with van der Waals surface area (Å²) in [6, 6.07) is 0. The first-order valence-corrected chi connectivity index (χ1v) is 7.70. The van der Waals surface area contributed by atoms with Crippen molar-refractivity contribution in [2.45, 2.75) is 44.4 Å². The van der Waals surface area contributed by atoms with Gasteiger partial charge in [0.15, 0.2) is 0 Å². The summed E-state index contributed by atoms with van der Waals surface area (Å²) in [5, 5.41) is -0.147. The second kappa shape index (κ2) is 6.06. The average molecular weight is 254 g/mol. The molecular weight excluding hydrogens is 234 g/mol. The summed E-state index contributed by atoms with van der Waals surface area (Å²) in [7, 11) is -3.11. The van der Waals surface area contributed by atoms with E-state index in [2.05, 4.69) is 4.72 Å². The SMILES string of the molecule is CC(Cl)CNS(=O)(=O)CC1CCCCC1. The molecule has 0 aromatic heterocycles. The van der Waals surface area contributed by atoms with Crippen LogP contribution in [-0.2, 0) is 10.0 Å². The maximum absolute atomic E-state index is 11.6. The predicted octanol–water partition coefficient (Wildman–Crippen LogP) is 2.11. The fourth-order valence-electron chi connectivity index (χ4n) is 1.96. The molecule has 0 bridgehead atoms. The van der Waals surface area contributed by atoms with Crippen molar-refractivity contribution in [3.8, 4) is 0 Å².